The molecule has 2 N–H and O–H groups in total. The van der Waals surface area contributed by atoms with Gasteiger partial charge in [0.25, 0.3) is 5.69 Å². The second kappa shape index (κ2) is 11.6. The van der Waals surface area contributed by atoms with Crippen molar-refractivity contribution in [1.82, 2.24) is 0 Å². The van der Waals surface area contributed by atoms with Gasteiger partial charge in [-0.1, -0.05) is 54.7 Å². The second-order valence-corrected chi connectivity index (χ2v) is 12.7. The summed E-state index contributed by atoms with van der Waals surface area (Å²) in [7, 11) is 0. The number of ether oxygens (including phenoxy) is 1. The summed E-state index contributed by atoms with van der Waals surface area (Å²) in [5.41, 5.74) is 10.2. The van der Waals surface area contributed by atoms with Crippen molar-refractivity contribution in [2.24, 2.45) is 11.1 Å². The number of rotatable bonds is 6. The van der Waals surface area contributed by atoms with Crippen LogP contribution < -0.4 is 15.4 Å². The third-order valence-electron chi connectivity index (χ3n) is 8.04. The number of halogens is 3. The number of ketones is 1. The molecule has 1 heterocycles. The van der Waals surface area contributed by atoms with Gasteiger partial charge in [-0.15, -0.1) is 0 Å². The molecule has 1 aliphatic carbocycles. The Morgan fingerprint density at radius 3 is 2.55 bits per heavy atom. The number of carbonyl (C=O) groups is 1. The molecule has 2 aliphatic rings. The summed E-state index contributed by atoms with van der Waals surface area (Å²) in [6.45, 7) is 7.76. The van der Waals surface area contributed by atoms with Crippen LogP contribution in [0, 0.1) is 46.5 Å². The van der Waals surface area contributed by atoms with E-state index < -0.39 is 22.1 Å². The molecule has 0 fully saturated rings. The van der Waals surface area contributed by atoms with Crippen LogP contribution in [-0.2, 0) is 11.4 Å². The first kappa shape index (κ1) is 31.0. The van der Waals surface area contributed by atoms with Crippen LogP contribution in [-0.4, -0.2) is 10.7 Å². The van der Waals surface area contributed by atoms with Gasteiger partial charge in [-0.2, -0.15) is 5.26 Å². The predicted octanol–water partition coefficient (Wildman–Crippen LogP) is 8.18. The Labute approximate surface area is 264 Å². The van der Waals surface area contributed by atoms with E-state index >= 15 is 0 Å². The number of nitro groups is 1. The van der Waals surface area contributed by atoms with Gasteiger partial charge in [-0.3, -0.25) is 19.8 Å². The van der Waals surface area contributed by atoms with E-state index in [9.17, 15) is 24.6 Å². The second-order valence-electron chi connectivity index (χ2n) is 11.9. The summed E-state index contributed by atoms with van der Waals surface area (Å²) in [4.78, 5) is 27.0. The van der Waals surface area contributed by atoms with Gasteiger partial charge in [0.2, 0.25) is 0 Å². The minimum atomic E-state index is -0.811. The molecule has 1 atom stereocenters. The molecule has 1 unspecified atom stereocenters. The van der Waals surface area contributed by atoms with Crippen LogP contribution in [0.2, 0.25) is 10.0 Å². The van der Waals surface area contributed by atoms with Crippen LogP contribution in [0.1, 0.15) is 54.9 Å². The number of hydrogen-bond donors (Lipinski definition) is 1. The first-order valence-electron chi connectivity index (χ1n) is 13.8. The molecule has 1 aliphatic heterocycles. The molecule has 226 valence electrons. The molecule has 0 saturated carbocycles. The SMILES string of the molecule is Cc1cc(COc2ccc(F)cc2Cl)c(C)c(C2C(C#N)=C(N)N(c3ccc(Cl)cc3[N+](=O)[O-])C3=C2C(=O)CC(C)(C)C3)c1. The van der Waals surface area contributed by atoms with Gasteiger partial charge in [-0.25, -0.2) is 4.39 Å². The number of Topliss-reactive ketones (excluding diaryl/α,β-unsaturated/α-hetero) is 1. The van der Waals surface area contributed by atoms with E-state index in [-0.39, 0.29) is 51.6 Å². The van der Waals surface area contributed by atoms with E-state index in [1.165, 1.54) is 41.3 Å². The van der Waals surface area contributed by atoms with Crippen molar-refractivity contribution in [1.29, 1.82) is 5.26 Å². The fourth-order valence-corrected chi connectivity index (χ4v) is 6.48. The molecule has 0 aromatic heterocycles. The maximum atomic E-state index is 14.0. The van der Waals surface area contributed by atoms with Crippen molar-refractivity contribution in [3.8, 4) is 11.8 Å². The average Bonchev–Trinajstić information content (AvgIpc) is 2.93. The van der Waals surface area contributed by atoms with Crippen LogP contribution in [0.15, 0.2) is 71.2 Å². The van der Waals surface area contributed by atoms with Crippen molar-refractivity contribution in [3.63, 3.8) is 0 Å². The van der Waals surface area contributed by atoms with E-state index in [2.05, 4.69) is 6.07 Å². The molecule has 0 bridgehead atoms. The number of allylic oxidation sites excluding steroid dienone is 3. The lowest BCUT2D eigenvalue weighted by atomic mass is 9.68. The molecule has 8 nitrogen and oxygen atoms in total. The zero-order chi connectivity index (χ0) is 32.1. The van der Waals surface area contributed by atoms with Gasteiger partial charge in [0.05, 0.1) is 27.5 Å². The van der Waals surface area contributed by atoms with E-state index in [4.69, 9.17) is 33.7 Å². The molecule has 11 heteroatoms. The number of anilines is 1. The molecular weight excluding hydrogens is 606 g/mol. The molecule has 0 saturated heterocycles. The normalized spacial score (nSPS) is 17.8. The number of hydrogen-bond acceptors (Lipinski definition) is 7. The molecule has 5 rings (SSSR count). The topological polar surface area (TPSA) is 122 Å². The summed E-state index contributed by atoms with van der Waals surface area (Å²) in [5, 5.41) is 22.9. The molecule has 3 aromatic carbocycles. The monoisotopic (exact) mass is 634 g/mol. The van der Waals surface area contributed by atoms with Gasteiger partial charge < -0.3 is 10.5 Å². The number of aryl methyl sites for hydroxylation is 1. The standard InChI is InChI=1S/C33H29Cl2FN4O4/c1-17-9-19(16-44-29-8-6-21(36)12-24(29)35)18(2)22(10-17)30-23(15-37)32(38)39(25-7-5-20(34)11-26(25)40(42)43)27-13-33(3,4)14-28(41)31(27)30/h5-12,30H,13-14,16,38H2,1-4H3. The third kappa shape index (κ3) is 5.63. The van der Waals surface area contributed by atoms with Crippen molar-refractivity contribution in [2.45, 2.75) is 53.1 Å². The predicted molar refractivity (Wildman–Crippen MR) is 167 cm³/mol. The maximum Gasteiger partial charge on any atom is 0.294 e. The third-order valence-corrected chi connectivity index (χ3v) is 8.57. The van der Waals surface area contributed by atoms with Crippen molar-refractivity contribution in [3.05, 3.63) is 119 Å². The van der Waals surface area contributed by atoms with Crippen molar-refractivity contribution in [2.75, 3.05) is 4.90 Å². The van der Waals surface area contributed by atoms with Gasteiger partial charge in [0.15, 0.2) is 5.78 Å². The Morgan fingerprint density at radius 1 is 1.16 bits per heavy atom. The molecule has 0 amide bonds. The summed E-state index contributed by atoms with van der Waals surface area (Å²) in [6, 6.07) is 14.2. The van der Waals surface area contributed by atoms with Crippen molar-refractivity contribution < 1.29 is 18.8 Å². The van der Waals surface area contributed by atoms with Crippen molar-refractivity contribution >= 4 is 40.4 Å². The highest BCUT2D eigenvalue weighted by Gasteiger charge is 2.46. The lowest BCUT2D eigenvalue weighted by Gasteiger charge is -2.43. The number of benzene rings is 3. The lowest BCUT2D eigenvalue weighted by molar-refractivity contribution is -0.384. The fourth-order valence-electron chi connectivity index (χ4n) is 6.09. The van der Waals surface area contributed by atoms with Gasteiger partial charge in [0, 0.05) is 28.8 Å². The Morgan fingerprint density at radius 2 is 1.89 bits per heavy atom. The molecule has 0 spiro atoms. The van der Waals surface area contributed by atoms with Crippen LogP contribution in [0.3, 0.4) is 0 Å². The van der Waals surface area contributed by atoms with E-state index in [0.717, 1.165) is 16.7 Å². The smallest absolute Gasteiger partial charge is 0.294 e. The van der Waals surface area contributed by atoms with E-state index in [0.29, 0.717) is 29.0 Å². The summed E-state index contributed by atoms with van der Waals surface area (Å²) < 4.78 is 19.5. The van der Waals surface area contributed by atoms with E-state index in [1.54, 1.807) is 0 Å². The highest BCUT2D eigenvalue weighted by atomic mass is 35.5. The van der Waals surface area contributed by atoms with Crippen LogP contribution in [0.4, 0.5) is 15.8 Å². The molecular formula is C33H29Cl2FN4O4. The number of nitriles is 1. The minimum Gasteiger partial charge on any atom is -0.487 e. The zero-order valence-corrected chi connectivity index (χ0v) is 26.0. The number of carbonyl (C=O) groups excluding carboxylic acids is 1. The molecule has 0 radical (unpaired) electrons. The highest BCUT2D eigenvalue weighted by Crippen LogP contribution is 2.52. The number of nitrogens with two attached hydrogens (primary N) is 1. The summed E-state index contributed by atoms with van der Waals surface area (Å²) in [5.74, 6) is -1.15. The summed E-state index contributed by atoms with van der Waals surface area (Å²) in [6.07, 6.45) is 0.606. The lowest BCUT2D eigenvalue weighted by Crippen LogP contribution is -2.42. The molecule has 44 heavy (non-hydrogen) atoms. The average molecular weight is 636 g/mol. The van der Waals surface area contributed by atoms with Gasteiger partial charge in [-0.05, 0) is 72.7 Å². The molecule has 3 aromatic rings. The quantitative estimate of drug-likeness (QED) is 0.214. The van der Waals surface area contributed by atoms with Crippen LogP contribution in [0.5, 0.6) is 5.75 Å². The fraction of sp³-hybridized carbons (Fsp3) is 0.273. The Balaban J connectivity index is 1.70. The van der Waals surface area contributed by atoms with E-state index in [1.807, 2.05) is 39.8 Å². The maximum absolute atomic E-state index is 14.0. The Hall–Kier alpha value is -4.39. The van der Waals surface area contributed by atoms with Gasteiger partial charge >= 0.3 is 0 Å². The van der Waals surface area contributed by atoms with Gasteiger partial charge in [0.1, 0.15) is 29.7 Å². The Kier molecular flexibility index (Phi) is 8.19. The minimum absolute atomic E-state index is 0.00368. The van der Waals surface area contributed by atoms with Crippen LogP contribution in [0.25, 0.3) is 0 Å². The Bertz CT molecular complexity index is 1840. The number of nitro benzene ring substituents is 1. The zero-order valence-electron chi connectivity index (χ0n) is 24.5. The highest BCUT2D eigenvalue weighted by molar-refractivity contribution is 6.32. The summed E-state index contributed by atoms with van der Waals surface area (Å²) >= 11 is 12.3. The largest absolute Gasteiger partial charge is 0.487 e. The first-order chi connectivity index (χ1) is 20.7. The number of nitrogens with zero attached hydrogens (tertiary/aromatic N) is 3. The van der Waals surface area contributed by atoms with Crippen LogP contribution >= 0.6 is 23.2 Å². The first-order valence-corrected chi connectivity index (χ1v) is 14.6.